The van der Waals surface area contributed by atoms with Crippen LogP contribution in [0, 0.1) is 12.8 Å². The maximum atomic E-state index is 12.2. The Hall–Kier alpha value is -2.72. The predicted octanol–water partition coefficient (Wildman–Crippen LogP) is 4.45. The molecule has 2 atom stereocenters. The summed E-state index contributed by atoms with van der Waals surface area (Å²) in [7, 11) is 0. The SMILES string of the molecule is Cc1ccc2nc(Cl)c(/C=N/NC(=O)[C@H]3C[C@@H]3c3ccccc3)cc2c1. The number of aromatic nitrogens is 1. The van der Waals surface area contributed by atoms with E-state index in [2.05, 4.69) is 27.6 Å². The van der Waals surface area contributed by atoms with E-state index in [0.717, 1.165) is 22.9 Å². The van der Waals surface area contributed by atoms with Gasteiger partial charge < -0.3 is 0 Å². The Labute approximate surface area is 156 Å². The summed E-state index contributed by atoms with van der Waals surface area (Å²) in [6.07, 6.45) is 2.41. The van der Waals surface area contributed by atoms with Crippen molar-refractivity contribution in [1.29, 1.82) is 0 Å². The largest absolute Gasteiger partial charge is 0.273 e. The van der Waals surface area contributed by atoms with Crippen molar-refractivity contribution in [2.75, 3.05) is 0 Å². The third-order valence-electron chi connectivity index (χ3n) is 4.68. The number of pyridine rings is 1. The highest BCUT2D eigenvalue weighted by molar-refractivity contribution is 6.32. The minimum absolute atomic E-state index is 0.0117. The molecule has 1 heterocycles. The molecule has 4 rings (SSSR count). The lowest BCUT2D eigenvalue weighted by molar-refractivity contribution is -0.122. The summed E-state index contributed by atoms with van der Waals surface area (Å²) in [4.78, 5) is 16.6. The van der Waals surface area contributed by atoms with Crippen LogP contribution in [-0.2, 0) is 4.79 Å². The van der Waals surface area contributed by atoms with Crippen molar-refractivity contribution in [2.24, 2.45) is 11.0 Å². The Morgan fingerprint density at radius 3 is 2.85 bits per heavy atom. The molecule has 0 spiro atoms. The van der Waals surface area contributed by atoms with Crippen LogP contribution in [0.2, 0.25) is 5.15 Å². The number of carbonyl (C=O) groups is 1. The fraction of sp³-hybridized carbons (Fsp3) is 0.190. The number of halogens is 1. The minimum atomic E-state index is -0.0594. The van der Waals surface area contributed by atoms with E-state index in [9.17, 15) is 4.79 Å². The smallest absolute Gasteiger partial charge is 0.243 e. The van der Waals surface area contributed by atoms with Gasteiger partial charge in [-0.15, -0.1) is 0 Å². The molecule has 1 aromatic heterocycles. The zero-order chi connectivity index (χ0) is 18.1. The van der Waals surface area contributed by atoms with E-state index in [0.29, 0.717) is 16.6 Å². The first kappa shape index (κ1) is 16.7. The van der Waals surface area contributed by atoms with Gasteiger partial charge in [-0.3, -0.25) is 4.79 Å². The van der Waals surface area contributed by atoms with Gasteiger partial charge >= 0.3 is 0 Å². The van der Waals surface area contributed by atoms with Crippen LogP contribution in [0.15, 0.2) is 59.7 Å². The number of benzene rings is 2. The lowest BCUT2D eigenvalue weighted by atomic mass is 10.1. The fourth-order valence-electron chi connectivity index (χ4n) is 3.18. The molecule has 3 aromatic rings. The zero-order valence-corrected chi connectivity index (χ0v) is 15.1. The Bertz CT molecular complexity index is 1000. The Morgan fingerprint density at radius 1 is 1.23 bits per heavy atom. The maximum Gasteiger partial charge on any atom is 0.243 e. The summed E-state index contributed by atoms with van der Waals surface area (Å²) in [5.74, 6) is 0.221. The summed E-state index contributed by atoms with van der Waals surface area (Å²) >= 11 is 6.22. The summed E-state index contributed by atoms with van der Waals surface area (Å²) in [5, 5.41) is 5.43. The van der Waals surface area contributed by atoms with Crippen LogP contribution in [0.1, 0.15) is 29.0 Å². The van der Waals surface area contributed by atoms with Gasteiger partial charge in [-0.2, -0.15) is 5.10 Å². The Balaban J connectivity index is 1.43. The number of amides is 1. The van der Waals surface area contributed by atoms with Crippen molar-refractivity contribution >= 4 is 34.6 Å². The first-order valence-corrected chi connectivity index (χ1v) is 8.94. The molecule has 5 heteroatoms. The molecular weight excluding hydrogens is 346 g/mol. The van der Waals surface area contributed by atoms with E-state index in [1.807, 2.05) is 49.4 Å². The third-order valence-corrected chi connectivity index (χ3v) is 4.99. The highest BCUT2D eigenvalue weighted by atomic mass is 35.5. The number of carbonyl (C=O) groups excluding carboxylic acids is 1. The third kappa shape index (κ3) is 3.46. The van der Waals surface area contributed by atoms with E-state index in [4.69, 9.17) is 11.6 Å². The van der Waals surface area contributed by atoms with E-state index >= 15 is 0 Å². The van der Waals surface area contributed by atoms with Crippen LogP contribution >= 0.6 is 11.6 Å². The molecule has 130 valence electrons. The van der Waals surface area contributed by atoms with Gasteiger partial charge in [0.05, 0.1) is 11.7 Å². The molecule has 1 saturated carbocycles. The second-order valence-electron chi connectivity index (χ2n) is 6.66. The highest BCUT2D eigenvalue weighted by Gasteiger charge is 2.43. The topological polar surface area (TPSA) is 54.4 Å². The molecular formula is C21H18ClN3O. The maximum absolute atomic E-state index is 12.2. The summed E-state index contributed by atoms with van der Waals surface area (Å²) in [6.45, 7) is 2.03. The molecule has 1 fully saturated rings. The van der Waals surface area contributed by atoms with Gasteiger partial charge in [-0.25, -0.2) is 10.4 Å². The van der Waals surface area contributed by atoms with Crippen molar-refractivity contribution < 1.29 is 4.79 Å². The van der Waals surface area contributed by atoms with Crippen molar-refractivity contribution in [3.05, 3.63) is 76.4 Å². The fourth-order valence-corrected chi connectivity index (χ4v) is 3.38. The van der Waals surface area contributed by atoms with Crippen LogP contribution in [0.4, 0.5) is 0 Å². The highest BCUT2D eigenvalue weighted by Crippen LogP contribution is 2.47. The van der Waals surface area contributed by atoms with Crippen LogP contribution in [0.25, 0.3) is 10.9 Å². The number of fused-ring (bicyclic) bond motifs is 1. The average molecular weight is 364 g/mol. The van der Waals surface area contributed by atoms with Crippen LogP contribution in [-0.4, -0.2) is 17.1 Å². The number of hydrogen-bond acceptors (Lipinski definition) is 3. The molecule has 1 N–H and O–H groups in total. The predicted molar refractivity (Wildman–Crippen MR) is 105 cm³/mol. The molecule has 1 amide bonds. The standard InChI is InChI=1S/C21H18ClN3O/c1-13-7-8-19-15(9-13)10-16(20(22)24-19)12-23-25-21(26)18-11-17(18)14-5-3-2-4-6-14/h2-10,12,17-18H,11H2,1H3,(H,25,26)/b23-12+/t17-,18+/m1/s1. The van der Waals surface area contributed by atoms with E-state index in [1.165, 1.54) is 5.56 Å². The summed E-state index contributed by atoms with van der Waals surface area (Å²) < 4.78 is 0. The van der Waals surface area contributed by atoms with Crippen LogP contribution in [0.3, 0.4) is 0 Å². The van der Waals surface area contributed by atoms with Crippen molar-refractivity contribution in [3.8, 4) is 0 Å². The second kappa shape index (κ2) is 6.89. The number of nitrogens with zero attached hydrogens (tertiary/aromatic N) is 2. The van der Waals surface area contributed by atoms with Gasteiger partial charge in [0.1, 0.15) is 5.15 Å². The number of hydrogen-bond donors (Lipinski definition) is 1. The van der Waals surface area contributed by atoms with Crippen molar-refractivity contribution in [1.82, 2.24) is 10.4 Å². The van der Waals surface area contributed by atoms with Gasteiger partial charge in [0, 0.05) is 16.9 Å². The van der Waals surface area contributed by atoms with Gasteiger partial charge in [0.15, 0.2) is 0 Å². The molecule has 0 aliphatic heterocycles. The van der Waals surface area contributed by atoms with Gasteiger partial charge in [0.25, 0.3) is 0 Å². The lowest BCUT2D eigenvalue weighted by Gasteiger charge is -2.03. The van der Waals surface area contributed by atoms with Gasteiger partial charge in [-0.05, 0) is 43.0 Å². The molecule has 1 aliphatic carbocycles. The molecule has 2 aromatic carbocycles. The van der Waals surface area contributed by atoms with Crippen LogP contribution < -0.4 is 5.43 Å². The quantitative estimate of drug-likeness (QED) is 0.423. The van der Waals surface area contributed by atoms with E-state index < -0.39 is 0 Å². The van der Waals surface area contributed by atoms with Crippen molar-refractivity contribution in [3.63, 3.8) is 0 Å². The first-order valence-electron chi connectivity index (χ1n) is 8.56. The number of nitrogens with one attached hydrogen (secondary N) is 1. The molecule has 0 saturated heterocycles. The Kier molecular flexibility index (Phi) is 4.43. The van der Waals surface area contributed by atoms with E-state index in [1.54, 1.807) is 6.21 Å². The second-order valence-corrected chi connectivity index (χ2v) is 7.02. The molecule has 0 bridgehead atoms. The first-order chi connectivity index (χ1) is 12.6. The average Bonchev–Trinajstić information content (AvgIpc) is 3.44. The van der Waals surface area contributed by atoms with Crippen molar-refractivity contribution in [2.45, 2.75) is 19.3 Å². The monoisotopic (exact) mass is 363 g/mol. The summed E-state index contributed by atoms with van der Waals surface area (Å²) in [6, 6.07) is 18.0. The van der Waals surface area contributed by atoms with Crippen LogP contribution in [0.5, 0.6) is 0 Å². The lowest BCUT2D eigenvalue weighted by Crippen LogP contribution is -2.20. The normalized spacial score (nSPS) is 19.0. The molecule has 0 radical (unpaired) electrons. The van der Waals surface area contributed by atoms with Gasteiger partial charge in [0.2, 0.25) is 5.91 Å². The summed E-state index contributed by atoms with van der Waals surface area (Å²) in [5.41, 5.74) is 6.50. The molecule has 0 unspecified atom stereocenters. The molecule has 26 heavy (non-hydrogen) atoms. The zero-order valence-electron chi connectivity index (χ0n) is 14.3. The minimum Gasteiger partial charge on any atom is -0.273 e. The number of aryl methyl sites for hydroxylation is 1. The van der Waals surface area contributed by atoms with Gasteiger partial charge in [-0.1, -0.05) is 53.6 Å². The number of hydrazone groups is 1. The number of rotatable bonds is 4. The molecule has 1 aliphatic rings. The Morgan fingerprint density at radius 2 is 2.04 bits per heavy atom. The molecule has 4 nitrogen and oxygen atoms in total. The van der Waals surface area contributed by atoms with E-state index in [-0.39, 0.29) is 11.8 Å².